The fourth-order valence-corrected chi connectivity index (χ4v) is 3.61. The van der Waals surface area contributed by atoms with Gasteiger partial charge in [-0.25, -0.2) is 0 Å². The highest BCUT2D eigenvalue weighted by molar-refractivity contribution is 5.79. The second kappa shape index (κ2) is 6.96. The zero-order valence-electron chi connectivity index (χ0n) is 14.8. The van der Waals surface area contributed by atoms with E-state index in [1.807, 2.05) is 30.3 Å². The van der Waals surface area contributed by atoms with Crippen LogP contribution in [0.1, 0.15) is 50.7 Å². The normalized spacial score (nSPS) is 17.9. The van der Waals surface area contributed by atoms with Gasteiger partial charge < -0.3 is 9.84 Å². The van der Waals surface area contributed by atoms with Gasteiger partial charge in [-0.15, -0.1) is 0 Å². The molecule has 1 unspecified atom stereocenters. The first kappa shape index (κ1) is 17.6. The molecule has 1 aromatic heterocycles. The second-order valence-electron chi connectivity index (χ2n) is 7.25. The summed E-state index contributed by atoms with van der Waals surface area (Å²) in [6.45, 7) is 3.50. The monoisotopic (exact) mass is 339 g/mol. The number of esters is 1. The van der Waals surface area contributed by atoms with Crippen LogP contribution in [0.2, 0.25) is 0 Å². The molecule has 1 aromatic carbocycles. The Kier molecular flexibility index (Phi) is 4.91. The van der Waals surface area contributed by atoms with Crippen LogP contribution in [0, 0.1) is 5.41 Å². The van der Waals surface area contributed by atoms with E-state index < -0.39 is 11.0 Å². The fraction of sp³-hybridized carbons (Fsp3) is 0.429. The molecule has 1 fully saturated rings. The maximum absolute atomic E-state index is 13.0. The molecule has 1 atom stereocenters. The van der Waals surface area contributed by atoms with Crippen LogP contribution >= 0.6 is 0 Å². The van der Waals surface area contributed by atoms with Gasteiger partial charge in [-0.05, 0) is 62.8 Å². The topological polar surface area (TPSA) is 59.4 Å². The molecule has 0 amide bonds. The number of aliphatic hydroxyl groups is 1. The highest BCUT2D eigenvalue weighted by Gasteiger charge is 2.52. The minimum atomic E-state index is -1.51. The molecule has 0 spiro atoms. The molecule has 0 saturated heterocycles. The van der Waals surface area contributed by atoms with Crippen molar-refractivity contribution in [2.75, 3.05) is 0 Å². The average Bonchev–Trinajstić information content (AvgIpc) is 3.15. The molecule has 3 rings (SSSR count). The number of hydrogen-bond acceptors (Lipinski definition) is 4. The van der Waals surface area contributed by atoms with Crippen molar-refractivity contribution in [1.82, 2.24) is 4.98 Å². The number of hydrogen-bond donors (Lipinski definition) is 1. The van der Waals surface area contributed by atoms with Gasteiger partial charge in [-0.2, -0.15) is 0 Å². The minimum absolute atomic E-state index is 0.0377. The van der Waals surface area contributed by atoms with Crippen LogP contribution in [0.25, 0.3) is 0 Å². The molecule has 1 N–H and O–H groups in total. The molecule has 25 heavy (non-hydrogen) atoms. The number of ether oxygens (including phenoxy) is 1. The Balaban J connectivity index is 2.02. The van der Waals surface area contributed by atoms with Gasteiger partial charge in [0.15, 0.2) is 0 Å². The van der Waals surface area contributed by atoms with Gasteiger partial charge in [0.25, 0.3) is 0 Å². The first-order valence-electron chi connectivity index (χ1n) is 8.86. The first-order valence-corrected chi connectivity index (χ1v) is 8.86. The van der Waals surface area contributed by atoms with E-state index in [1.165, 1.54) is 0 Å². The lowest BCUT2D eigenvalue weighted by Crippen LogP contribution is -2.49. The predicted octanol–water partition coefficient (Wildman–Crippen LogP) is 3.83. The summed E-state index contributed by atoms with van der Waals surface area (Å²) in [5.41, 5.74) is -1.37. The summed E-state index contributed by atoms with van der Waals surface area (Å²) in [5.74, 6) is -0.373. The van der Waals surface area contributed by atoms with Gasteiger partial charge in [-0.3, -0.25) is 9.78 Å². The van der Waals surface area contributed by atoms with E-state index in [0.717, 1.165) is 25.7 Å². The Bertz CT molecular complexity index is 667. The summed E-state index contributed by atoms with van der Waals surface area (Å²) >= 11 is 0. The van der Waals surface area contributed by atoms with Crippen LogP contribution in [0.3, 0.4) is 0 Å². The summed E-state index contributed by atoms with van der Waals surface area (Å²) in [7, 11) is 0. The Labute approximate surface area is 148 Å². The number of pyridine rings is 1. The zero-order chi connectivity index (χ0) is 17.9. The number of carbonyl (C=O) groups is 1. The van der Waals surface area contributed by atoms with E-state index in [0.29, 0.717) is 11.1 Å². The lowest BCUT2D eigenvalue weighted by atomic mass is 9.67. The van der Waals surface area contributed by atoms with E-state index in [4.69, 9.17) is 4.74 Å². The van der Waals surface area contributed by atoms with E-state index in [1.54, 1.807) is 38.4 Å². The minimum Gasteiger partial charge on any atom is -0.462 e. The van der Waals surface area contributed by atoms with E-state index in [9.17, 15) is 9.90 Å². The molecular formula is C21H25NO3. The molecule has 1 heterocycles. The summed E-state index contributed by atoms with van der Waals surface area (Å²) in [5, 5.41) is 11.8. The van der Waals surface area contributed by atoms with Crippen molar-refractivity contribution in [3.05, 3.63) is 66.0 Å². The molecule has 4 nitrogen and oxygen atoms in total. The van der Waals surface area contributed by atoms with Gasteiger partial charge in [0.2, 0.25) is 0 Å². The third kappa shape index (κ3) is 3.19. The molecule has 2 aromatic rings. The van der Waals surface area contributed by atoms with Crippen LogP contribution in [0.5, 0.6) is 0 Å². The van der Waals surface area contributed by atoms with Crippen molar-refractivity contribution < 1.29 is 14.6 Å². The molecule has 0 bridgehead atoms. The smallest absolute Gasteiger partial charge is 0.315 e. The lowest BCUT2D eigenvalue weighted by molar-refractivity contribution is -0.173. The second-order valence-corrected chi connectivity index (χ2v) is 7.25. The van der Waals surface area contributed by atoms with Crippen LogP contribution in [-0.2, 0) is 15.1 Å². The van der Waals surface area contributed by atoms with Crippen molar-refractivity contribution in [1.29, 1.82) is 0 Å². The maximum atomic E-state index is 13.0. The van der Waals surface area contributed by atoms with Crippen molar-refractivity contribution in [2.24, 2.45) is 5.41 Å². The molecule has 1 aliphatic rings. The van der Waals surface area contributed by atoms with Crippen molar-refractivity contribution >= 4 is 5.97 Å². The van der Waals surface area contributed by atoms with Crippen LogP contribution in [0.4, 0.5) is 0 Å². The largest absolute Gasteiger partial charge is 0.462 e. The zero-order valence-corrected chi connectivity index (χ0v) is 14.8. The van der Waals surface area contributed by atoms with E-state index >= 15 is 0 Å². The summed E-state index contributed by atoms with van der Waals surface area (Å²) in [6.07, 6.45) is 7.20. The van der Waals surface area contributed by atoms with Gasteiger partial charge in [0, 0.05) is 12.4 Å². The molecule has 0 aliphatic heterocycles. The highest BCUT2D eigenvalue weighted by atomic mass is 16.5. The number of aromatic nitrogens is 1. The average molecular weight is 339 g/mol. The highest BCUT2D eigenvalue weighted by Crippen LogP contribution is 2.46. The van der Waals surface area contributed by atoms with Crippen LogP contribution in [-0.4, -0.2) is 22.2 Å². The Morgan fingerprint density at radius 2 is 1.60 bits per heavy atom. The fourth-order valence-electron chi connectivity index (χ4n) is 3.61. The van der Waals surface area contributed by atoms with Crippen molar-refractivity contribution in [2.45, 2.75) is 51.2 Å². The third-order valence-corrected chi connectivity index (χ3v) is 5.28. The summed E-state index contributed by atoms with van der Waals surface area (Å²) in [4.78, 5) is 17.1. The number of benzene rings is 1. The van der Waals surface area contributed by atoms with Gasteiger partial charge >= 0.3 is 5.97 Å². The third-order valence-electron chi connectivity index (χ3n) is 5.28. The Morgan fingerprint density at radius 3 is 2.20 bits per heavy atom. The Morgan fingerprint density at radius 1 is 1.04 bits per heavy atom. The maximum Gasteiger partial charge on any atom is 0.315 e. The predicted molar refractivity (Wildman–Crippen MR) is 95.8 cm³/mol. The first-order chi connectivity index (χ1) is 12.0. The molecule has 1 saturated carbocycles. The molecule has 4 heteroatoms. The quantitative estimate of drug-likeness (QED) is 0.841. The van der Waals surface area contributed by atoms with Gasteiger partial charge in [-0.1, -0.05) is 30.3 Å². The van der Waals surface area contributed by atoms with E-state index in [-0.39, 0.29) is 12.1 Å². The van der Waals surface area contributed by atoms with Gasteiger partial charge in [0.05, 0.1) is 5.41 Å². The number of carbonyl (C=O) groups excluding carboxylic acids is 1. The summed E-state index contributed by atoms with van der Waals surface area (Å²) < 4.78 is 5.75. The molecular weight excluding hydrogens is 314 g/mol. The standard InChI is InChI=1S/C21H25NO3/c1-20(2,19(23)25-18-10-6-7-11-18)21(24,16-8-4-3-5-9-16)17-12-14-22-15-13-17/h3-5,8-9,12-15,18,24H,6-7,10-11H2,1-2H3. The van der Waals surface area contributed by atoms with Crippen molar-refractivity contribution in [3.8, 4) is 0 Å². The SMILES string of the molecule is CC(C)(C(=O)OC1CCCC1)C(O)(c1ccccc1)c1ccncc1. The molecule has 0 radical (unpaired) electrons. The number of nitrogens with zero attached hydrogens (tertiary/aromatic N) is 1. The van der Waals surface area contributed by atoms with E-state index in [2.05, 4.69) is 4.98 Å². The lowest BCUT2D eigenvalue weighted by Gasteiger charge is -2.42. The van der Waals surface area contributed by atoms with Crippen molar-refractivity contribution in [3.63, 3.8) is 0 Å². The van der Waals surface area contributed by atoms with Gasteiger partial charge in [0.1, 0.15) is 11.7 Å². The van der Waals surface area contributed by atoms with Crippen LogP contribution in [0.15, 0.2) is 54.9 Å². The number of rotatable bonds is 5. The Hall–Kier alpha value is -2.20. The van der Waals surface area contributed by atoms with Crippen LogP contribution < -0.4 is 0 Å². The summed E-state index contributed by atoms with van der Waals surface area (Å²) in [6, 6.07) is 12.8. The molecule has 132 valence electrons. The molecule has 1 aliphatic carbocycles.